The lowest BCUT2D eigenvalue weighted by Crippen LogP contribution is -2.35. The van der Waals surface area contributed by atoms with Gasteiger partial charge in [0, 0.05) is 11.1 Å². The lowest BCUT2D eigenvalue weighted by molar-refractivity contribution is 0.477. The van der Waals surface area contributed by atoms with Crippen molar-refractivity contribution >= 4 is 17.3 Å². The Labute approximate surface area is 93.8 Å². The van der Waals surface area contributed by atoms with Crippen molar-refractivity contribution in [3.63, 3.8) is 0 Å². The van der Waals surface area contributed by atoms with Crippen molar-refractivity contribution in [2.75, 3.05) is 18.4 Å². The van der Waals surface area contributed by atoms with Crippen LogP contribution in [0, 0.1) is 5.82 Å². The highest BCUT2D eigenvalue weighted by Crippen LogP contribution is 2.21. The molecule has 2 N–H and O–H groups in total. The van der Waals surface area contributed by atoms with Crippen LogP contribution < -0.4 is 10.6 Å². The first kappa shape index (κ1) is 10.7. The lowest BCUT2D eigenvalue weighted by atomic mass is 10.1. The zero-order valence-electron chi connectivity index (χ0n) is 8.39. The van der Waals surface area contributed by atoms with Gasteiger partial charge in [0.05, 0.1) is 5.69 Å². The van der Waals surface area contributed by atoms with Crippen molar-refractivity contribution in [2.45, 2.75) is 18.9 Å². The van der Waals surface area contributed by atoms with Gasteiger partial charge in [0.2, 0.25) is 0 Å². The number of benzene rings is 1. The highest BCUT2D eigenvalue weighted by molar-refractivity contribution is 6.30. The molecule has 0 atom stereocenters. The third-order valence-electron chi connectivity index (χ3n) is 2.63. The molecule has 82 valence electrons. The van der Waals surface area contributed by atoms with Crippen LogP contribution in [0.1, 0.15) is 12.8 Å². The molecule has 1 aromatic rings. The molecule has 1 aliphatic rings. The SMILES string of the molecule is Fc1ccc(Cl)cc1NC1CCNCC1. The first-order chi connectivity index (χ1) is 7.25. The van der Waals surface area contributed by atoms with E-state index < -0.39 is 0 Å². The van der Waals surface area contributed by atoms with Crippen molar-refractivity contribution in [3.05, 3.63) is 29.0 Å². The van der Waals surface area contributed by atoms with E-state index in [4.69, 9.17) is 11.6 Å². The van der Waals surface area contributed by atoms with E-state index >= 15 is 0 Å². The average Bonchev–Trinajstić information content (AvgIpc) is 2.25. The van der Waals surface area contributed by atoms with Crippen LogP contribution in [0.3, 0.4) is 0 Å². The highest BCUT2D eigenvalue weighted by Gasteiger charge is 2.14. The molecule has 2 nitrogen and oxygen atoms in total. The Morgan fingerprint density at radius 3 is 2.80 bits per heavy atom. The van der Waals surface area contributed by atoms with Gasteiger partial charge in [0.15, 0.2) is 0 Å². The Bertz CT molecular complexity index is 337. The summed E-state index contributed by atoms with van der Waals surface area (Å²) in [6.45, 7) is 1.97. The quantitative estimate of drug-likeness (QED) is 0.813. The molecule has 0 radical (unpaired) electrons. The van der Waals surface area contributed by atoms with Crippen LogP contribution in [0.25, 0.3) is 0 Å². The van der Waals surface area contributed by atoms with E-state index in [2.05, 4.69) is 10.6 Å². The minimum atomic E-state index is -0.238. The molecule has 0 saturated carbocycles. The predicted molar refractivity (Wildman–Crippen MR) is 60.9 cm³/mol. The van der Waals surface area contributed by atoms with Crippen LogP contribution in [-0.2, 0) is 0 Å². The Morgan fingerprint density at radius 1 is 1.33 bits per heavy atom. The third-order valence-corrected chi connectivity index (χ3v) is 2.86. The van der Waals surface area contributed by atoms with Crippen molar-refractivity contribution in [3.8, 4) is 0 Å². The summed E-state index contributed by atoms with van der Waals surface area (Å²) in [4.78, 5) is 0. The van der Waals surface area contributed by atoms with E-state index in [1.54, 1.807) is 12.1 Å². The Hall–Kier alpha value is -0.800. The molecule has 0 spiro atoms. The fourth-order valence-electron chi connectivity index (χ4n) is 1.79. The molecular weight excluding hydrogens is 215 g/mol. The second-order valence-corrected chi connectivity index (χ2v) is 4.23. The Balaban J connectivity index is 2.05. The van der Waals surface area contributed by atoms with Gasteiger partial charge in [0.25, 0.3) is 0 Å². The van der Waals surface area contributed by atoms with Crippen LogP contribution >= 0.6 is 11.6 Å². The summed E-state index contributed by atoms with van der Waals surface area (Å²) >= 11 is 5.82. The molecular formula is C11H14ClFN2. The second kappa shape index (κ2) is 4.81. The van der Waals surface area contributed by atoms with E-state index in [-0.39, 0.29) is 5.82 Å². The van der Waals surface area contributed by atoms with Gasteiger partial charge < -0.3 is 10.6 Å². The van der Waals surface area contributed by atoms with Crippen LogP contribution in [0.15, 0.2) is 18.2 Å². The van der Waals surface area contributed by atoms with Crippen molar-refractivity contribution in [1.82, 2.24) is 5.32 Å². The van der Waals surface area contributed by atoms with Gasteiger partial charge in [-0.05, 0) is 44.1 Å². The number of anilines is 1. The number of halogens is 2. The first-order valence-electron chi connectivity index (χ1n) is 5.18. The maximum Gasteiger partial charge on any atom is 0.146 e. The molecule has 1 fully saturated rings. The van der Waals surface area contributed by atoms with Crippen molar-refractivity contribution < 1.29 is 4.39 Å². The monoisotopic (exact) mass is 228 g/mol. The summed E-state index contributed by atoms with van der Waals surface area (Å²) in [6.07, 6.45) is 2.04. The average molecular weight is 229 g/mol. The van der Waals surface area contributed by atoms with E-state index in [0.717, 1.165) is 25.9 Å². The molecule has 1 aliphatic heterocycles. The zero-order chi connectivity index (χ0) is 10.7. The predicted octanol–water partition coefficient (Wildman–Crippen LogP) is 2.64. The molecule has 1 saturated heterocycles. The van der Waals surface area contributed by atoms with Gasteiger partial charge in [-0.2, -0.15) is 0 Å². The maximum atomic E-state index is 13.4. The topological polar surface area (TPSA) is 24.1 Å². The fraction of sp³-hybridized carbons (Fsp3) is 0.455. The Kier molecular flexibility index (Phi) is 3.44. The molecule has 0 unspecified atom stereocenters. The largest absolute Gasteiger partial charge is 0.380 e. The van der Waals surface area contributed by atoms with E-state index in [9.17, 15) is 4.39 Å². The summed E-state index contributed by atoms with van der Waals surface area (Å²) in [7, 11) is 0. The summed E-state index contributed by atoms with van der Waals surface area (Å²) in [5.74, 6) is -0.238. The van der Waals surface area contributed by atoms with Gasteiger partial charge in [-0.15, -0.1) is 0 Å². The lowest BCUT2D eigenvalue weighted by Gasteiger charge is -2.24. The number of nitrogens with one attached hydrogen (secondary N) is 2. The molecule has 4 heteroatoms. The van der Waals surface area contributed by atoms with Gasteiger partial charge >= 0.3 is 0 Å². The normalized spacial score (nSPS) is 17.7. The summed E-state index contributed by atoms with van der Waals surface area (Å²) in [5.41, 5.74) is 0.509. The van der Waals surface area contributed by atoms with Gasteiger partial charge in [-0.3, -0.25) is 0 Å². The second-order valence-electron chi connectivity index (χ2n) is 3.79. The molecule has 2 rings (SSSR count). The minimum absolute atomic E-state index is 0.238. The number of rotatable bonds is 2. The van der Waals surface area contributed by atoms with Crippen molar-refractivity contribution in [1.29, 1.82) is 0 Å². The van der Waals surface area contributed by atoms with Crippen molar-refractivity contribution in [2.24, 2.45) is 0 Å². The van der Waals surface area contributed by atoms with Crippen LogP contribution in [0.4, 0.5) is 10.1 Å². The fourth-order valence-corrected chi connectivity index (χ4v) is 1.97. The maximum absolute atomic E-state index is 13.4. The van der Waals surface area contributed by atoms with Crippen LogP contribution in [0.5, 0.6) is 0 Å². The van der Waals surface area contributed by atoms with Crippen LogP contribution in [0.2, 0.25) is 5.02 Å². The van der Waals surface area contributed by atoms with E-state index in [0.29, 0.717) is 16.8 Å². The summed E-state index contributed by atoms with van der Waals surface area (Å²) in [6, 6.07) is 4.94. The standard InChI is InChI=1S/C11H14ClFN2/c12-8-1-2-10(13)11(7-8)15-9-3-5-14-6-4-9/h1-2,7,9,14-15H,3-6H2. The molecule has 0 aromatic heterocycles. The number of piperidine rings is 1. The van der Waals surface area contributed by atoms with Gasteiger partial charge in [-0.1, -0.05) is 11.6 Å². The van der Waals surface area contributed by atoms with Gasteiger partial charge in [0.1, 0.15) is 5.82 Å². The third kappa shape index (κ3) is 2.83. The van der Waals surface area contributed by atoms with E-state index in [1.807, 2.05) is 0 Å². The Morgan fingerprint density at radius 2 is 2.07 bits per heavy atom. The molecule has 1 aromatic carbocycles. The molecule has 15 heavy (non-hydrogen) atoms. The van der Waals surface area contributed by atoms with E-state index in [1.165, 1.54) is 6.07 Å². The molecule has 1 heterocycles. The highest BCUT2D eigenvalue weighted by atomic mass is 35.5. The van der Waals surface area contributed by atoms with Gasteiger partial charge in [-0.25, -0.2) is 4.39 Å². The summed E-state index contributed by atoms with van der Waals surface area (Å²) in [5, 5.41) is 7.02. The van der Waals surface area contributed by atoms with Crippen LogP contribution in [-0.4, -0.2) is 19.1 Å². The molecule has 0 bridgehead atoms. The number of hydrogen-bond acceptors (Lipinski definition) is 2. The first-order valence-corrected chi connectivity index (χ1v) is 5.56. The zero-order valence-corrected chi connectivity index (χ0v) is 9.15. The molecule has 0 aliphatic carbocycles. The number of hydrogen-bond donors (Lipinski definition) is 2. The molecule has 0 amide bonds. The smallest absolute Gasteiger partial charge is 0.146 e. The minimum Gasteiger partial charge on any atom is -0.380 e. The summed E-state index contributed by atoms with van der Waals surface area (Å²) < 4.78 is 13.4.